The van der Waals surface area contributed by atoms with Crippen molar-refractivity contribution in [3.05, 3.63) is 71.7 Å². The highest BCUT2D eigenvalue weighted by Crippen LogP contribution is 2.20. The maximum Gasteiger partial charge on any atom is 0.254 e. The largest absolute Gasteiger partial charge is 0.361 e. The molecule has 0 spiro atoms. The predicted molar refractivity (Wildman–Crippen MR) is 101 cm³/mol. The van der Waals surface area contributed by atoms with Crippen molar-refractivity contribution in [3.63, 3.8) is 0 Å². The van der Waals surface area contributed by atoms with E-state index in [2.05, 4.69) is 9.88 Å². The van der Waals surface area contributed by atoms with Crippen LogP contribution in [0.25, 0.3) is 10.9 Å². The summed E-state index contributed by atoms with van der Waals surface area (Å²) >= 11 is 0. The Hall–Kier alpha value is -2.66. The molecule has 1 aliphatic heterocycles. The van der Waals surface area contributed by atoms with Crippen LogP contribution in [0.2, 0.25) is 0 Å². The number of amides is 1. The maximum atomic E-state index is 13.0. The molecule has 2 heterocycles. The van der Waals surface area contributed by atoms with Crippen LogP contribution in [0.5, 0.6) is 0 Å². The van der Waals surface area contributed by atoms with Crippen LogP contribution in [0.1, 0.15) is 15.9 Å². The Labute approximate surface area is 152 Å². The van der Waals surface area contributed by atoms with Crippen LogP contribution < -0.4 is 0 Å². The van der Waals surface area contributed by atoms with E-state index in [0.717, 1.165) is 61.2 Å². The molecule has 1 amide bonds. The van der Waals surface area contributed by atoms with E-state index < -0.39 is 0 Å². The molecule has 5 heteroatoms. The van der Waals surface area contributed by atoms with Gasteiger partial charge in [-0.15, -0.1) is 0 Å². The lowest BCUT2D eigenvalue weighted by Crippen LogP contribution is -2.49. The fraction of sp³-hybridized carbons (Fsp3) is 0.286. The maximum absolute atomic E-state index is 13.0. The van der Waals surface area contributed by atoms with E-state index in [-0.39, 0.29) is 11.7 Å². The standard InChI is InChI=1S/C21H22FN3O/c22-17-6-4-16(5-7-17)9-11-24-12-14-25(15-13-24)21(26)19-2-1-3-20-18(19)8-10-23-20/h1-8,10,23H,9,11-15H2. The van der Waals surface area contributed by atoms with Crippen LogP contribution in [0.3, 0.4) is 0 Å². The lowest BCUT2D eigenvalue weighted by atomic mass is 10.1. The summed E-state index contributed by atoms with van der Waals surface area (Å²) in [6.45, 7) is 4.15. The van der Waals surface area contributed by atoms with Crippen LogP contribution in [0.4, 0.5) is 4.39 Å². The third-order valence-electron chi connectivity index (χ3n) is 5.11. The number of H-pyrrole nitrogens is 1. The van der Waals surface area contributed by atoms with Crippen molar-refractivity contribution in [2.75, 3.05) is 32.7 Å². The number of aromatic amines is 1. The van der Waals surface area contributed by atoms with Gasteiger partial charge in [0, 0.05) is 55.4 Å². The molecule has 0 bridgehead atoms. The summed E-state index contributed by atoms with van der Waals surface area (Å²) in [5, 5.41) is 0.983. The molecule has 0 saturated carbocycles. The summed E-state index contributed by atoms with van der Waals surface area (Å²) < 4.78 is 13.0. The van der Waals surface area contributed by atoms with E-state index in [9.17, 15) is 9.18 Å². The molecule has 26 heavy (non-hydrogen) atoms. The molecular formula is C21H22FN3O. The number of rotatable bonds is 4. The lowest BCUT2D eigenvalue weighted by Gasteiger charge is -2.35. The van der Waals surface area contributed by atoms with Crippen molar-refractivity contribution in [1.29, 1.82) is 0 Å². The zero-order chi connectivity index (χ0) is 17.9. The number of hydrogen-bond acceptors (Lipinski definition) is 2. The lowest BCUT2D eigenvalue weighted by molar-refractivity contribution is 0.0640. The van der Waals surface area contributed by atoms with Gasteiger partial charge in [0.15, 0.2) is 0 Å². The average Bonchev–Trinajstić information content (AvgIpc) is 3.16. The number of nitrogens with zero attached hydrogens (tertiary/aromatic N) is 2. The Bertz CT molecular complexity index is 895. The molecule has 4 rings (SSSR count). The molecule has 0 aliphatic carbocycles. The van der Waals surface area contributed by atoms with Gasteiger partial charge in [-0.2, -0.15) is 0 Å². The van der Waals surface area contributed by atoms with Crippen molar-refractivity contribution in [2.24, 2.45) is 0 Å². The zero-order valence-corrected chi connectivity index (χ0v) is 14.6. The zero-order valence-electron chi connectivity index (χ0n) is 14.6. The highest BCUT2D eigenvalue weighted by Gasteiger charge is 2.23. The minimum absolute atomic E-state index is 0.105. The SMILES string of the molecule is O=C(c1cccc2[nH]ccc12)N1CCN(CCc2ccc(F)cc2)CC1. The van der Waals surface area contributed by atoms with Gasteiger partial charge in [0.1, 0.15) is 5.82 Å². The molecule has 134 valence electrons. The van der Waals surface area contributed by atoms with Crippen LogP contribution in [-0.2, 0) is 6.42 Å². The molecular weight excluding hydrogens is 329 g/mol. The molecule has 0 radical (unpaired) electrons. The third kappa shape index (κ3) is 3.48. The van der Waals surface area contributed by atoms with Gasteiger partial charge in [-0.1, -0.05) is 18.2 Å². The molecule has 1 N–H and O–H groups in total. The average molecular weight is 351 g/mol. The van der Waals surface area contributed by atoms with Crippen molar-refractivity contribution in [2.45, 2.75) is 6.42 Å². The Kier molecular flexibility index (Phi) is 4.71. The number of halogens is 1. The van der Waals surface area contributed by atoms with Gasteiger partial charge in [0.2, 0.25) is 0 Å². The van der Waals surface area contributed by atoms with Gasteiger partial charge >= 0.3 is 0 Å². The van der Waals surface area contributed by atoms with Crippen LogP contribution >= 0.6 is 0 Å². The number of aromatic nitrogens is 1. The van der Waals surface area contributed by atoms with Crippen molar-refractivity contribution in [1.82, 2.24) is 14.8 Å². The van der Waals surface area contributed by atoms with Gasteiger partial charge in [-0.3, -0.25) is 9.69 Å². The minimum atomic E-state index is -0.196. The summed E-state index contributed by atoms with van der Waals surface area (Å²) in [5.74, 6) is -0.0910. The normalized spacial score (nSPS) is 15.5. The fourth-order valence-electron chi connectivity index (χ4n) is 3.56. The Morgan fingerprint density at radius 1 is 1.00 bits per heavy atom. The van der Waals surface area contributed by atoms with Gasteiger partial charge in [0.05, 0.1) is 0 Å². The van der Waals surface area contributed by atoms with E-state index >= 15 is 0 Å². The highest BCUT2D eigenvalue weighted by molar-refractivity contribution is 6.06. The van der Waals surface area contributed by atoms with Gasteiger partial charge in [0.25, 0.3) is 5.91 Å². The van der Waals surface area contributed by atoms with E-state index in [1.54, 1.807) is 0 Å². The van der Waals surface area contributed by atoms with Gasteiger partial charge in [-0.05, 0) is 42.3 Å². The topological polar surface area (TPSA) is 39.3 Å². The number of fused-ring (bicyclic) bond motifs is 1. The van der Waals surface area contributed by atoms with Gasteiger partial charge < -0.3 is 9.88 Å². The Balaban J connectivity index is 1.34. The first-order valence-electron chi connectivity index (χ1n) is 9.03. The third-order valence-corrected chi connectivity index (χ3v) is 5.11. The number of benzene rings is 2. The molecule has 0 unspecified atom stereocenters. The summed E-state index contributed by atoms with van der Waals surface area (Å²) in [6, 6.07) is 14.5. The Morgan fingerprint density at radius 2 is 1.77 bits per heavy atom. The smallest absolute Gasteiger partial charge is 0.254 e. The van der Waals surface area contributed by atoms with Crippen LogP contribution in [0, 0.1) is 5.82 Å². The first-order valence-corrected chi connectivity index (χ1v) is 9.03. The second kappa shape index (κ2) is 7.30. The molecule has 0 atom stereocenters. The number of carbonyl (C=O) groups excluding carboxylic acids is 1. The fourth-order valence-corrected chi connectivity index (χ4v) is 3.56. The number of hydrogen-bond donors (Lipinski definition) is 1. The van der Waals surface area contributed by atoms with E-state index in [1.807, 2.05) is 47.5 Å². The van der Waals surface area contributed by atoms with Crippen LogP contribution in [-0.4, -0.2) is 53.4 Å². The second-order valence-corrected chi connectivity index (χ2v) is 6.75. The summed E-state index contributed by atoms with van der Waals surface area (Å²) in [4.78, 5) is 20.4. The summed E-state index contributed by atoms with van der Waals surface area (Å²) in [7, 11) is 0. The predicted octanol–water partition coefficient (Wildman–Crippen LogP) is 3.31. The summed E-state index contributed by atoms with van der Waals surface area (Å²) in [6.07, 6.45) is 2.77. The highest BCUT2D eigenvalue weighted by atomic mass is 19.1. The van der Waals surface area contributed by atoms with E-state index in [4.69, 9.17) is 0 Å². The molecule has 3 aromatic rings. The van der Waals surface area contributed by atoms with E-state index in [0.29, 0.717) is 0 Å². The monoisotopic (exact) mass is 351 g/mol. The molecule has 4 nitrogen and oxygen atoms in total. The van der Waals surface area contributed by atoms with Crippen molar-refractivity contribution in [3.8, 4) is 0 Å². The first-order chi connectivity index (χ1) is 12.7. The summed E-state index contributed by atoms with van der Waals surface area (Å²) in [5.41, 5.74) is 2.90. The molecule has 1 aliphatic rings. The number of piperazine rings is 1. The Morgan fingerprint density at radius 3 is 2.54 bits per heavy atom. The number of carbonyl (C=O) groups is 1. The van der Waals surface area contributed by atoms with E-state index in [1.165, 1.54) is 12.1 Å². The van der Waals surface area contributed by atoms with Crippen molar-refractivity contribution >= 4 is 16.8 Å². The van der Waals surface area contributed by atoms with Crippen LogP contribution in [0.15, 0.2) is 54.7 Å². The molecule has 1 saturated heterocycles. The first kappa shape index (κ1) is 16.8. The molecule has 2 aromatic carbocycles. The minimum Gasteiger partial charge on any atom is -0.361 e. The van der Waals surface area contributed by atoms with Gasteiger partial charge in [-0.25, -0.2) is 4.39 Å². The quantitative estimate of drug-likeness (QED) is 0.783. The number of nitrogens with one attached hydrogen (secondary N) is 1. The second-order valence-electron chi connectivity index (χ2n) is 6.75. The molecule has 1 fully saturated rings. The van der Waals surface area contributed by atoms with Crippen molar-refractivity contribution < 1.29 is 9.18 Å². The molecule has 1 aromatic heterocycles.